The second-order valence-corrected chi connectivity index (χ2v) is 8.29. The topological polar surface area (TPSA) is 67.2 Å². The van der Waals surface area contributed by atoms with Gasteiger partial charge in [-0.15, -0.1) is 0 Å². The van der Waals surface area contributed by atoms with E-state index < -0.39 is 0 Å². The number of carbonyl (C=O) groups excluding carboxylic acids is 2. The van der Waals surface area contributed by atoms with E-state index in [0.717, 1.165) is 57.2 Å². The lowest BCUT2D eigenvalue weighted by Crippen LogP contribution is -2.47. The largest absolute Gasteiger partial charge is 0.350 e. The second kappa shape index (κ2) is 9.25. The summed E-state index contributed by atoms with van der Waals surface area (Å²) < 4.78 is 2.02. The number of rotatable bonds is 6. The predicted octanol–water partition coefficient (Wildman–Crippen LogP) is 3.12. The Kier molecular flexibility index (Phi) is 6.27. The van der Waals surface area contributed by atoms with Crippen LogP contribution in [0.15, 0.2) is 43.0 Å². The maximum Gasteiger partial charge on any atom is 0.243 e. The van der Waals surface area contributed by atoms with E-state index in [0.29, 0.717) is 6.54 Å². The molecule has 6 nitrogen and oxygen atoms in total. The zero-order valence-electron chi connectivity index (χ0n) is 16.9. The van der Waals surface area contributed by atoms with Crippen molar-refractivity contribution in [1.82, 2.24) is 19.8 Å². The first kappa shape index (κ1) is 19.7. The zero-order valence-corrected chi connectivity index (χ0v) is 16.9. The Morgan fingerprint density at radius 3 is 2.48 bits per heavy atom. The Balaban J connectivity index is 1.29. The number of imidazole rings is 1. The van der Waals surface area contributed by atoms with Crippen LogP contribution < -0.4 is 5.32 Å². The third kappa shape index (κ3) is 4.86. The second-order valence-electron chi connectivity index (χ2n) is 8.29. The van der Waals surface area contributed by atoms with Crippen molar-refractivity contribution in [3.63, 3.8) is 0 Å². The summed E-state index contributed by atoms with van der Waals surface area (Å²) in [5.74, 6) is 0.306. The molecule has 0 bridgehead atoms. The Morgan fingerprint density at radius 2 is 1.76 bits per heavy atom. The van der Waals surface area contributed by atoms with Crippen LogP contribution in [-0.2, 0) is 22.7 Å². The Hall–Kier alpha value is -2.63. The van der Waals surface area contributed by atoms with Crippen molar-refractivity contribution in [2.45, 2.75) is 64.1 Å². The van der Waals surface area contributed by atoms with Gasteiger partial charge in [0.1, 0.15) is 6.04 Å². The van der Waals surface area contributed by atoms with Gasteiger partial charge in [0.2, 0.25) is 11.8 Å². The predicted molar refractivity (Wildman–Crippen MR) is 111 cm³/mol. The number of hydrogen-bond donors (Lipinski definition) is 1. The summed E-state index contributed by atoms with van der Waals surface area (Å²) >= 11 is 0. The summed E-state index contributed by atoms with van der Waals surface area (Å²) in [5.41, 5.74) is 2.26. The summed E-state index contributed by atoms with van der Waals surface area (Å²) in [4.78, 5) is 31.6. The Labute approximate surface area is 172 Å². The summed E-state index contributed by atoms with van der Waals surface area (Å²) in [5, 5.41) is 3.05. The van der Waals surface area contributed by atoms with E-state index in [2.05, 4.69) is 22.4 Å². The Bertz CT molecular complexity index is 810. The van der Waals surface area contributed by atoms with Crippen LogP contribution in [0, 0.1) is 5.92 Å². The molecule has 4 rings (SSSR count). The van der Waals surface area contributed by atoms with Crippen molar-refractivity contribution in [1.29, 1.82) is 0 Å². The fourth-order valence-corrected chi connectivity index (χ4v) is 4.55. The average Bonchev–Trinajstić information content (AvgIpc) is 3.45. The fourth-order valence-electron chi connectivity index (χ4n) is 4.55. The van der Waals surface area contributed by atoms with Crippen molar-refractivity contribution in [3.05, 3.63) is 54.1 Å². The van der Waals surface area contributed by atoms with Gasteiger partial charge in [0.25, 0.3) is 0 Å². The van der Waals surface area contributed by atoms with Crippen LogP contribution >= 0.6 is 0 Å². The molecule has 1 unspecified atom stereocenters. The molecule has 0 radical (unpaired) electrons. The van der Waals surface area contributed by atoms with Gasteiger partial charge >= 0.3 is 0 Å². The minimum atomic E-state index is -0.301. The van der Waals surface area contributed by atoms with Crippen LogP contribution in [0.2, 0.25) is 0 Å². The minimum Gasteiger partial charge on any atom is -0.350 e. The minimum absolute atomic E-state index is 0.0193. The fraction of sp³-hybridized carbons (Fsp3) is 0.522. The molecule has 2 amide bonds. The number of carbonyl (C=O) groups is 2. The SMILES string of the molecule is O=C(NCc1ccc(Cn2ccnc2)cc1)C1CCCN1C(=O)C1CCCCC1. The van der Waals surface area contributed by atoms with Crippen molar-refractivity contribution in [2.75, 3.05) is 6.54 Å². The third-order valence-corrected chi connectivity index (χ3v) is 6.21. The van der Waals surface area contributed by atoms with Gasteiger partial charge in [-0.25, -0.2) is 4.98 Å². The quantitative estimate of drug-likeness (QED) is 0.819. The van der Waals surface area contributed by atoms with Gasteiger partial charge in [0.05, 0.1) is 6.33 Å². The van der Waals surface area contributed by atoms with Crippen LogP contribution in [0.1, 0.15) is 56.1 Å². The van der Waals surface area contributed by atoms with Crippen LogP contribution in [0.5, 0.6) is 0 Å². The van der Waals surface area contributed by atoms with Gasteiger partial charge in [-0.2, -0.15) is 0 Å². The molecule has 1 saturated carbocycles. The van der Waals surface area contributed by atoms with Crippen molar-refractivity contribution >= 4 is 11.8 Å². The highest BCUT2D eigenvalue weighted by Crippen LogP contribution is 2.28. The normalized spacial score (nSPS) is 20.0. The number of nitrogens with one attached hydrogen (secondary N) is 1. The standard InChI is InChI=1S/C23H30N4O2/c28-22(21-7-4-13-27(21)23(29)20-5-2-1-3-6-20)25-15-18-8-10-19(11-9-18)16-26-14-12-24-17-26/h8-12,14,17,20-21H,1-7,13,15-16H2,(H,25,28). The van der Waals surface area contributed by atoms with E-state index in [1.165, 1.54) is 12.0 Å². The van der Waals surface area contributed by atoms with Crippen LogP contribution in [-0.4, -0.2) is 38.9 Å². The molecule has 2 fully saturated rings. The molecule has 154 valence electrons. The monoisotopic (exact) mass is 394 g/mol. The highest BCUT2D eigenvalue weighted by atomic mass is 16.2. The smallest absolute Gasteiger partial charge is 0.243 e. The Morgan fingerprint density at radius 1 is 1.00 bits per heavy atom. The molecule has 6 heteroatoms. The zero-order chi connectivity index (χ0) is 20.1. The van der Waals surface area contributed by atoms with Gasteiger partial charge in [-0.05, 0) is 36.8 Å². The van der Waals surface area contributed by atoms with E-state index in [1.54, 1.807) is 12.5 Å². The third-order valence-electron chi connectivity index (χ3n) is 6.21. The molecule has 1 aromatic carbocycles. The number of aromatic nitrogens is 2. The molecule has 1 aliphatic heterocycles. The molecule has 29 heavy (non-hydrogen) atoms. The summed E-state index contributed by atoms with van der Waals surface area (Å²) in [6, 6.07) is 7.95. The molecule has 1 saturated heterocycles. The van der Waals surface area contributed by atoms with Crippen LogP contribution in [0.25, 0.3) is 0 Å². The number of hydrogen-bond acceptors (Lipinski definition) is 3. The molecule has 2 aliphatic rings. The van der Waals surface area contributed by atoms with Crippen molar-refractivity contribution in [3.8, 4) is 0 Å². The van der Waals surface area contributed by atoms with E-state index in [-0.39, 0.29) is 23.8 Å². The average molecular weight is 395 g/mol. The van der Waals surface area contributed by atoms with E-state index >= 15 is 0 Å². The molecule has 1 N–H and O–H groups in total. The van der Waals surface area contributed by atoms with E-state index in [4.69, 9.17) is 0 Å². The molecule has 0 spiro atoms. The lowest BCUT2D eigenvalue weighted by atomic mass is 9.88. The molecule has 1 atom stereocenters. The maximum absolute atomic E-state index is 12.9. The van der Waals surface area contributed by atoms with Gasteiger partial charge < -0.3 is 14.8 Å². The number of amides is 2. The molecule has 1 aromatic heterocycles. The molecule has 2 heterocycles. The van der Waals surface area contributed by atoms with Gasteiger partial charge in [-0.3, -0.25) is 9.59 Å². The van der Waals surface area contributed by atoms with E-state index in [9.17, 15) is 9.59 Å². The highest BCUT2D eigenvalue weighted by molar-refractivity contribution is 5.89. The van der Waals surface area contributed by atoms with Gasteiger partial charge in [0, 0.05) is 37.9 Å². The van der Waals surface area contributed by atoms with E-state index in [1.807, 2.05) is 27.8 Å². The molecule has 2 aromatic rings. The van der Waals surface area contributed by atoms with Gasteiger partial charge in [-0.1, -0.05) is 43.5 Å². The van der Waals surface area contributed by atoms with Crippen LogP contribution in [0.4, 0.5) is 0 Å². The van der Waals surface area contributed by atoms with Crippen molar-refractivity contribution < 1.29 is 9.59 Å². The first-order valence-corrected chi connectivity index (χ1v) is 10.8. The van der Waals surface area contributed by atoms with Crippen LogP contribution in [0.3, 0.4) is 0 Å². The summed E-state index contributed by atoms with van der Waals surface area (Å²) in [6.45, 7) is 2.00. The summed E-state index contributed by atoms with van der Waals surface area (Å²) in [7, 11) is 0. The number of benzene rings is 1. The lowest BCUT2D eigenvalue weighted by molar-refractivity contribution is -0.142. The summed E-state index contributed by atoms with van der Waals surface area (Å²) in [6.07, 6.45) is 12.7. The first-order valence-electron chi connectivity index (χ1n) is 10.8. The maximum atomic E-state index is 12.9. The number of likely N-dealkylation sites (tertiary alicyclic amines) is 1. The lowest BCUT2D eigenvalue weighted by Gasteiger charge is -2.30. The highest BCUT2D eigenvalue weighted by Gasteiger charge is 2.37. The first-order chi connectivity index (χ1) is 14.2. The van der Waals surface area contributed by atoms with Gasteiger partial charge in [0.15, 0.2) is 0 Å². The molecular weight excluding hydrogens is 364 g/mol. The van der Waals surface area contributed by atoms with Crippen molar-refractivity contribution in [2.24, 2.45) is 5.92 Å². The molecule has 1 aliphatic carbocycles. The number of nitrogens with zero attached hydrogens (tertiary/aromatic N) is 3. The molecular formula is C23H30N4O2.